The molecule has 0 N–H and O–H groups in total. The average Bonchev–Trinajstić information content (AvgIpc) is 3.18. The highest BCUT2D eigenvalue weighted by Crippen LogP contribution is 2.28. The number of ether oxygens (including phenoxy) is 1. The molecular formula is C23H27N5O2S. The predicted octanol–water partition coefficient (Wildman–Crippen LogP) is 3.19. The van der Waals surface area contributed by atoms with Gasteiger partial charge in [0, 0.05) is 25.3 Å². The first-order chi connectivity index (χ1) is 15.1. The molecule has 3 aromatic rings. The Kier molecular flexibility index (Phi) is 6.58. The minimum Gasteiger partial charge on any atom is -0.497 e. The number of piperazine rings is 1. The molecule has 0 radical (unpaired) electrons. The molecule has 7 nitrogen and oxygen atoms in total. The smallest absolute Gasteiger partial charge is 0.233 e. The van der Waals surface area contributed by atoms with Gasteiger partial charge < -0.3 is 14.5 Å². The summed E-state index contributed by atoms with van der Waals surface area (Å²) in [4.78, 5) is 17.5. The lowest BCUT2D eigenvalue weighted by atomic mass is 10.0. The molecule has 1 saturated heterocycles. The molecule has 31 heavy (non-hydrogen) atoms. The van der Waals surface area contributed by atoms with E-state index in [-0.39, 0.29) is 11.9 Å². The number of amides is 1. The van der Waals surface area contributed by atoms with Crippen molar-refractivity contribution in [2.45, 2.75) is 18.1 Å². The Balaban J connectivity index is 1.49. The highest BCUT2D eigenvalue weighted by molar-refractivity contribution is 7.99. The second-order valence-electron chi connectivity index (χ2n) is 7.63. The summed E-state index contributed by atoms with van der Waals surface area (Å²) in [7, 11) is 3.75. The second kappa shape index (κ2) is 9.53. The van der Waals surface area contributed by atoms with Crippen LogP contribution in [-0.2, 0) is 4.79 Å². The molecule has 0 saturated carbocycles. The lowest BCUT2D eigenvalue weighted by Gasteiger charge is -2.40. The largest absolute Gasteiger partial charge is 0.497 e. The van der Waals surface area contributed by atoms with Gasteiger partial charge in [-0.25, -0.2) is 0 Å². The van der Waals surface area contributed by atoms with Gasteiger partial charge in [-0.1, -0.05) is 42.1 Å². The third-order valence-corrected chi connectivity index (χ3v) is 6.45. The van der Waals surface area contributed by atoms with Gasteiger partial charge in [-0.3, -0.25) is 9.36 Å². The zero-order valence-electron chi connectivity index (χ0n) is 18.1. The maximum atomic E-state index is 13.2. The maximum Gasteiger partial charge on any atom is 0.233 e. The van der Waals surface area contributed by atoms with Crippen LogP contribution in [0.1, 0.15) is 17.4 Å². The van der Waals surface area contributed by atoms with Crippen molar-refractivity contribution in [3.8, 4) is 11.4 Å². The van der Waals surface area contributed by atoms with E-state index in [1.165, 1.54) is 17.3 Å². The minimum atomic E-state index is 0.0641. The van der Waals surface area contributed by atoms with Crippen molar-refractivity contribution in [2.75, 3.05) is 39.5 Å². The summed E-state index contributed by atoms with van der Waals surface area (Å²) in [6, 6.07) is 18.1. The normalized spacial score (nSPS) is 17.0. The fraction of sp³-hybridized carbons (Fsp3) is 0.348. The summed E-state index contributed by atoms with van der Waals surface area (Å²) in [5.41, 5.74) is 2.12. The first kappa shape index (κ1) is 21.4. The molecule has 2 aromatic carbocycles. The fourth-order valence-electron chi connectivity index (χ4n) is 3.85. The highest BCUT2D eigenvalue weighted by Gasteiger charge is 2.30. The number of likely N-dealkylation sites (N-methyl/N-ethyl adjacent to an activating group) is 1. The number of hydrogen-bond donors (Lipinski definition) is 0. The SMILES string of the molecule is COc1ccc(-n2c(C)nnc2SCC(=O)N2CCN(C)CC2c2ccccc2)cc1. The van der Waals surface area contributed by atoms with E-state index in [1.54, 1.807) is 7.11 Å². The van der Waals surface area contributed by atoms with E-state index in [1.807, 2.05) is 58.9 Å². The lowest BCUT2D eigenvalue weighted by Crippen LogP contribution is -2.49. The van der Waals surface area contributed by atoms with Crippen molar-refractivity contribution in [3.05, 3.63) is 66.0 Å². The van der Waals surface area contributed by atoms with E-state index in [9.17, 15) is 4.79 Å². The van der Waals surface area contributed by atoms with Gasteiger partial charge in [0.15, 0.2) is 5.16 Å². The topological polar surface area (TPSA) is 63.5 Å². The van der Waals surface area contributed by atoms with Gasteiger partial charge in [-0.15, -0.1) is 10.2 Å². The lowest BCUT2D eigenvalue weighted by molar-refractivity contribution is -0.133. The highest BCUT2D eigenvalue weighted by atomic mass is 32.2. The number of carbonyl (C=O) groups excluding carboxylic acids is 1. The van der Waals surface area contributed by atoms with Crippen molar-refractivity contribution in [2.24, 2.45) is 0 Å². The third kappa shape index (κ3) is 4.75. The van der Waals surface area contributed by atoms with Gasteiger partial charge in [0.25, 0.3) is 0 Å². The van der Waals surface area contributed by atoms with Gasteiger partial charge in [0.05, 0.1) is 18.9 Å². The molecule has 1 aliphatic rings. The Hall–Kier alpha value is -2.84. The molecule has 1 aromatic heterocycles. The van der Waals surface area contributed by atoms with Crippen LogP contribution in [0.15, 0.2) is 59.8 Å². The van der Waals surface area contributed by atoms with Crippen molar-refractivity contribution in [1.82, 2.24) is 24.6 Å². The van der Waals surface area contributed by atoms with Gasteiger partial charge in [0.2, 0.25) is 5.91 Å². The van der Waals surface area contributed by atoms with E-state index >= 15 is 0 Å². The van der Waals surface area contributed by atoms with Crippen molar-refractivity contribution in [1.29, 1.82) is 0 Å². The molecule has 1 fully saturated rings. The standard InChI is InChI=1S/C23H27N5O2S/c1-17-24-25-23(28(17)19-9-11-20(30-3)12-10-19)31-16-22(29)27-14-13-26(2)15-21(27)18-7-5-4-6-8-18/h4-12,21H,13-16H2,1-3H3. The molecule has 162 valence electrons. The van der Waals surface area contributed by atoms with E-state index in [0.717, 1.165) is 36.9 Å². The number of hydrogen-bond acceptors (Lipinski definition) is 6. The van der Waals surface area contributed by atoms with E-state index < -0.39 is 0 Å². The maximum absolute atomic E-state index is 13.2. The Labute approximate surface area is 187 Å². The van der Waals surface area contributed by atoms with Crippen molar-refractivity contribution < 1.29 is 9.53 Å². The number of methoxy groups -OCH3 is 1. The number of rotatable bonds is 6. The van der Waals surface area contributed by atoms with Gasteiger partial charge in [-0.2, -0.15) is 0 Å². The van der Waals surface area contributed by atoms with Crippen LogP contribution < -0.4 is 4.74 Å². The Morgan fingerprint density at radius 2 is 1.84 bits per heavy atom. The molecule has 1 unspecified atom stereocenters. The monoisotopic (exact) mass is 437 g/mol. The number of carbonyl (C=O) groups is 1. The zero-order valence-corrected chi connectivity index (χ0v) is 18.9. The number of aryl methyl sites for hydroxylation is 1. The van der Waals surface area contributed by atoms with Crippen LogP contribution in [0.4, 0.5) is 0 Å². The number of aromatic nitrogens is 3. The van der Waals surface area contributed by atoms with Crippen LogP contribution in [-0.4, -0.2) is 70.0 Å². The molecular weight excluding hydrogens is 410 g/mol. The number of nitrogens with zero attached hydrogens (tertiary/aromatic N) is 5. The van der Waals surface area contributed by atoms with Gasteiger partial charge in [-0.05, 0) is 43.8 Å². The first-order valence-corrected chi connectivity index (χ1v) is 11.3. The fourth-order valence-corrected chi connectivity index (χ4v) is 4.74. The molecule has 1 atom stereocenters. The Morgan fingerprint density at radius 1 is 1.10 bits per heavy atom. The molecule has 0 spiro atoms. The summed E-state index contributed by atoms with van der Waals surface area (Å²) >= 11 is 1.43. The minimum absolute atomic E-state index is 0.0641. The number of benzene rings is 2. The van der Waals surface area contributed by atoms with Crippen molar-refractivity contribution >= 4 is 17.7 Å². The molecule has 8 heteroatoms. The molecule has 4 rings (SSSR count). The molecule has 0 bridgehead atoms. The zero-order chi connectivity index (χ0) is 21.8. The van der Waals surface area contributed by atoms with Gasteiger partial charge in [0.1, 0.15) is 11.6 Å². The first-order valence-electron chi connectivity index (χ1n) is 10.3. The molecule has 1 aliphatic heterocycles. The van der Waals surface area contributed by atoms with Crippen LogP contribution in [0.2, 0.25) is 0 Å². The van der Waals surface area contributed by atoms with Gasteiger partial charge >= 0.3 is 0 Å². The predicted molar refractivity (Wildman–Crippen MR) is 122 cm³/mol. The summed E-state index contributed by atoms with van der Waals surface area (Å²) in [5, 5.41) is 9.24. The van der Waals surface area contributed by atoms with Crippen LogP contribution in [0.25, 0.3) is 5.69 Å². The summed E-state index contributed by atoms with van der Waals surface area (Å²) in [6.45, 7) is 4.34. The average molecular weight is 438 g/mol. The van der Waals surface area contributed by atoms with E-state index in [2.05, 4.69) is 34.3 Å². The second-order valence-corrected chi connectivity index (χ2v) is 8.57. The van der Waals surface area contributed by atoms with Crippen LogP contribution >= 0.6 is 11.8 Å². The third-order valence-electron chi connectivity index (χ3n) is 5.54. The van der Waals surface area contributed by atoms with E-state index in [4.69, 9.17) is 4.74 Å². The molecule has 2 heterocycles. The van der Waals surface area contributed by atoms with Crippen LogP contribution in [0.3, 0.4) is 0 Å². The number of thioether (sulfide) groups is 1. The molecule has 0 aliphatic carbocycles. The van der Waals surface area contributed by atoms with E-state index in [0.29, 0.717) is 10.9 Å². The summed E-state index contributed by atoms with van der Waals surface area (Å²) < 4.78 is 7.22. The summed E-state index contributed by atoms with van der Waals surface area (Å²) in [6.07, 6.45) is 0. The Bertz CT molecular complexity index is 1020. The Morgan fingerprint density at radius 3 is 2.55 bits per heavy atom. The van der Waals surface area contributed by atoms with Crippen molar-refractivity contribution in [3.63, 3.8) is 0 Å². The quantitative estimate of drug-likeness (QED) is 0.552. The van der Waals surface area contributed by atoms with Crippen LogP contribution in [0.5, 0.6) is 5.75 Å². The van der Waals surface area contributed by atoms with Crippen LogP contribution in [0, 0.1) is 6.92 Å². The summed E-state index contributed by atoms with van der Waals surface area (Å²) in [5.74, 6) is 2.01. The molecule has 1 amide bonds.